The first-order valence-electron chi connectivity index (χ1n) is 9.81. The number of rotatable bonds is 6. The third kappa shape index (κ3) is 4.67. The summed E-state index contributed by atoms with van der Waals surface area (Å²) in [4.78, 5) is 27.8. The molecule has 29 heavy (non-hydrogen) atoms. The van der Waals surface area contributed by atoms with Gasteiger partial charge in [0.1, 0.15) is 11.4 Å². The summed E-state index contributed by atoms with van der Waals surface area (Å²) < 4.78 is 5.34. The van der Waals surface area contributed by atoms with Crippen LogP contribution in [0.4, 0.5) is 11.4 Å². The average Bonchev–Trinajstić information content (AvgIpc) is 2.73. The lowest BCUT2D eigenvalue weighted by atomic mass is 9.99. The number of amides is 1. The molecule has 1 atom stereocenters. The summed E-state index contributed by atoms with van der Waals surface area (Å²) in [5.41, 5.74) is 1.75. The van der Waals surface area contributed by atoms with Crippen LogP contribution in [0.5, 0.6) is 5.75 Å². The molecule has 154 valence electrons. The molecule has 2 aromatic rings. The molecule has 7 nitrogen and oxygen atoms in total. The number of anilines is 1. The van der Waals surface area contributed by atoms with Crippen molar-refractivity contribution in [2.45, 2.75) is 26.3 Å². The van der Waals surface area contributed by atoms with Gasteiger partial charge in [0.05, 0.1) is 12.0 Å². The third-order valence-electron chi connectivity index (χ3n) is 5.36. The molecule has 3 rings (SSSR count). The number of para-hydroxylation sites is 1. The van der Waals surface area contributed by atoms with Gasteiger partial charge in [-0.2, -0.15) is 0 Å². The number of carbonyl (C=O) groups excluding carboxylic acids is 1. The number of piperidine rings is 1. The lowest BCUT2D eigenvalue weighted by molar-refractivity contribution is -0.384. The lowest BCUT2D eigenvalue weighted by Crippen LogP contribution is -2.34. The maximum absolute atomic E-state index is 12.9. The maximum Gasteiger partial charge on any atom is 0.293 e. The van der Waals surface area contributed by atoms with Crippen LogP contribution < -0.4 is 9.64 Å². The average molecular weight is 397 g/mol. The quantitative estimate of drug-likeness (QED) is 0.542. The van der Waals surface area contributed by atoms with Crippen molar-refractivity contribution in [3.05, 3.63) is 63.7 Å². The molecule has 0 saturated carbocycles. The van der Waals surface area contributed by atoms with Gasteiger partial charge in [-0.15, -0.1) is 0 Å². The van der Waals surface area contributed by atoms with Crippen molar-refractivity contribution < 1.29 is 14.5 Å². The van der Waals surface area contributed by atoms with E-state index < -0.39 is 4.92 Å². The molecule has 0 aliphatic carbocycles. The van der Waals surface area contributed by atoms with E-state index >= 15 is 0 Å². The molecule has 0 spiro atoms. The van der Waals surface area contributed by atoms with Crippen molar-refractivity contribution in [1.29, 1.82) is 0 Å². The van der Waals surface area contributed by atoms with E-state index in [4.69, 9.17) is 4.74 Å². The van der Waals surface area contributed by atoms with Crippen LogP contribution in [-0.2, 0) is 6.54 Å². The SMILES string of the molecule is COc1ccccc1CN(C)C(=O)c1ccc(N2CCC[C@H](C)C2)c([N+](=O)[O-])c1. The van der Waals surface area contributed by atoms with E-state index in [0.717, 1.165) is 31.5 Å². The van der Waals surface area contributed by atoms with Crippen molar-refractivity contribution in [3.63, 3.8) is 0 Å². The second-order valence-corrected chi connectivity index (χ2v) is 7.63. The van der Waals surface area contributed by atoms with Gasteiger partial charge in [0.2, 0.25) is 0 Å². The Labute approximate surface area is 171 Å². The fourth-order valence-electron chi connectivity index (χ4n) is 3.86. The number of carbonyl (C=O) groups is 1. The van der Waals surface area contributed by atoms with E-state index in [-0.39, 0.29) is 11.6 Å². The van der Waals surface area contributed by atoms with E-state index in [9.17, 15) is 14.9 Å². The summed E-state index contributed by atoms with van der Waals surface area (Å²) in [6.07, 6.45) is 2.15. The number of benzene rings is 2. The fourth-order valence-corrected chi connectivity index (χ4v) is 3.86. The molecule has 0 unspecified atom stereocenters. The Morgan fingerprint density at radius 2 is 2.07 bits per heavy atom. The summed E-state index contributed by atoms with van der Waals surface area (Å²) in [7, 11) is 3.27. The van der Waals surface area contributed by atoms with Crippen molar-refractivity contribution in [3.8, 4) is 5.75 Å². The van der Waals surface area contributed by atoms with Gasteiger partial charge in [0.25, 0.3) is 11.6 Å². The van der Waals surface area contributed by atoms with Gasteiger partial charge in [0, 0.05) is 43.9 Å². The molecule has 1 aliphatic heterocycles. The number of nitro groups is 1. The zero-order valence-corrected chi connectivity index (χ0v) is 17.1. The van der Waals surface area contributed by atoms with Crippen LogP contribution in [0.15, 0.2) is 42.5 Å². The molecule has 0 bridgehead atoms. The highest BCUT2D eigenvalue weighted by Crippen LogP contribution is 2.33. The van der Waals surface area contributed by atoms with Gasteiger partial charge in [0.15, 0.2) is 0 Å². The predicted octanol–water partition coefficient (Wildman–Crippen LogP) is 4.11. The number of hydrogen-bond acceptors (Lipinski definition) is 5. The Kier molecular flexibility index (Phi) is 6.36. The van der Waals surface area contributed by atoms with Gasteiger partial charge in [-0.05, 0) is 37.0 Å². The van der Waals surface area contributed by atoms with Crippen LogP contribution in [0, 0.1) is 16.0 Å². The molecule has 1 aliphatic rings. The summed E-state index contributed by atoms with van der Waals surface area (Å²) in [6.45, 7) is 4.10. The molecule has 0 radical (unpaired) electrons. The van der Waals surface area contributed by atoms with Crippen LogP contribution >= 0.6 is 0 Å². The minimum Gasteiger partial charge on any atom is -0.496 e. The number of hydrogen-bond donors (Lipinski definition) is 0. The summed E-state index contributed by atoms with van der Waals surface area (Å²) in [5, 5.41) is 11.7. The molecule has 1 saturated heterocycles. The molecule has 0 N–H and O–H groups in total. The first kappa shape index (κ1) is 20.6. The highest BCUT2D eigenvalue weighted by molar-refractivity contribution is 5.95. The smallest absolute Gasteiger partial charge is 0.293 e. The van der Waals surface area contributed by atoms with Crippen molar-refractivity contribution in [1.82, 2.24) is 4.90 Å². The van der Waals surface area contributed by atoms with Crippen LogP contribution in [0.1, 0.15) is 35.7 Å². The van der Waals surface area contributed by atoms with Crippen LogP contribution in [0.2, 0.25) is 0 Å². The predicted molar refractivity (Wildman–Crippen MR) is 112 cm³/mol. The van der Waals surface area contributed by atoms with E-state index in [0.29, 0.717) is 29.5 Å². The molecule has 1 amide bonds. The zero-order valence-electron chi connectivity index (χ0n) is 17.1. The molecule has 0 aromatic heterocycles. The lowest BCUT2D eigenvalue weighted by Gasteiger charge is -2.32. The van der Waals surface area contributed by atoms with Crippen molar-refractivity contribution in [2.24, 2.45) is 5.92 Å². The maximum atomic E-state index is 12.9. The first-order chi connectivity index (χ1) is 13.9. The van der Waals surface area contributed by atoms with Gasteiger partial charge in [-0.3, -0.25) is 14.9 Å². The Morgan fingerprint density at radius 3 is 2.76 bits per heavy atom. The molecular weight excluding hydrogens is 370 g/mol. The molecule has 7 heteroatoms. The number of nitrogens with zero attached hydrogens (tertiary/aromatic N) is 3. The van der Waals surface area contributed by atoms with Gasteiger partial charge in [-0.25, -0.2) is 0 Å². The minimum absolute atomic E-state index is 0.0179. The van der Waals surface area contributed by atoms with Crippen LogP contribution in [-0.4, -0.2) is 43.0 Å². The van der Waals surface area contributed by atoms with E-state index in [1.54, 1.807) is 31.2 Å². The Hall–Kier alpha value is -3.09. The molecule has 1 fully saturated rings. The Bertz CT molecular complexity index is 899. The van der Waals surface area contributed by atoms with Crippen LogP contribution in [0.25, 0.3) is 0 Å². The normalized spacial score (nSPS) is 16.4. The largest absolute Gasteiger partial charge is 0.496 e. The number of nitro benzene ring substituents is 1. The van der Waals surface area contributed by atoms with Gasteiger partial charge < -0.3 is 14.5 Å². The second-order valence-electron chi connectivity index (χ2n) is 7.63. The number of ether oxygens (including phenoxy) is 1. The monoisotopic (exact) mass is 397 g/mol. The summed E-state index contributed by atoms with van der Waals surface area (Å²) in [5.74, 6) is 0.932. The Morgan fingerprint density at radius 1 is 1.31 bits per heavy atom. The number of methoxy groups -OCH3 is 1. The van der Waals surface area contributed by atoms with E-state index in [2.05, 4.69) is 11.8 Å². The van der Waals surface area contributed by atoms with Crippen molar-refractivity contribution >= 4 is 17.3 Å². The molecular formula is C22H27N3O4. The first-order valence-corrected chi connectivity index (χ1v) is 9.81. The second kappa shape index (κ2) is 8.94. The molecule has 1 heterocycles. The Balaban J connectivity index is 1.83. The van der Waals surface area contributed by atoms with Gasteiger partial charge in [-0.1, -0.05) is 25.1 Å². The minimum atomic E-state index is -0.397. The highest BCUT2D eigenvalue weighted by atomic mass is 16.6. The van der Waals surface area contributed by atoms with Crippen molar-refractivity contribution in [2.75, 3.05) is 32.1 Å². The zero-order chi connectivity index (χ0) is 21.0. The standard InChI is InChI=1S/C22H27N3O4/c1-16-7-6-12-24(14-16)19-11-10-17(13-20(19)25(27)28)22(26)23(2)15-18-8-4-5-9-21(18)29-3/h4-5,8-11,13,16H,6-7,12,14-15H2,1-3H3/t16-/m0/s1. The summed E-state index contributed by atoms with van der Waals surface area (Å²) in [6, 6.07) is 12.3. The van der Waals surface area contributed by atoms with E-state index in [1.165, 1.54) is 6.07 Å². The highest BCUT2D eigenvalue weighted by Gasteiger charge is 2.26. The molecule has 2 aromatic carbocycles. The van der Waals surface area contributed by atoms with Crippen LogP contribution in [0.3, 0.4) is 0 Å². The topological polar surface area (TPSA) is 75.9 Å². The third-order valence-corrected chi connectivity index (χ3v) is 5.36. The van der Waals surface area contributed by atoms with E-state index in [1.807, 2.05) is 24.3 Å². The summed E-state index contributed by atoms with van der Waals surface area (Å²) >= 11 is 0. The van der Waals surface area contributed by atoms with Gasteiger partial charge >= 0.3 is 0 Å². The fraction of sp³-hybridized carbons (Fsp3) is 0.409.